The van der Waals surface area contributed by atoms with Crippen LogP contribution in [0.15, 0.2) is 30.4 Å². The highest BCUT2D eigenvalue weighted by atomic mass is 35.5. The second-order valence-corrected chi connectivity index (χ2v) is 8.78. The zero-order chi connectivity index (χ0) is 23.4. The standard InChI is InChI=1S/C23H27ClN2O6/c1-13(2)10-18(26-21(28)15-6-4-5-7-16(15)22(26)29)23(30)32-12-20(27)25-17-11-14(24)8-9-19(17)31-3/h4-5,8-9,11,13,15-16,18H,6-7,10,12H2,1-3H3,(H,25,27)/t15-,16+,18-/m0/s1. The Morgan fingerprint density at radius 3 is 2.34 bits per heavy atom. The molecule has 172 valence electrons. The van der Waals surface area contributed by atoms with Crippen LogP contribution >= 0.6 is 11.6 Å². The summed E-state index contributed by atoms with van der Waals surface area (Å²) in [5, 5.41) is 2.98. The van der Waals surface area contributed by atoms with Crippen molar-refractivity contribution in [3.05, 3.63) is 35.4 Å². The largest absolute Gasteiger partial charge is 0.495 e. The highest BCUT2D eigenvalue weighted by Gasteiger charge is 2.51. The van der Waals surface area contributed by atoms with Gasteiger partial charge in [0.1, 0.15) is 11.8 Å². The molecule has 0 aromatic heterocycles. The number of imide groups is 1. The van der Waals surface area contributed by atoms with Crippen molar-refractivity contribution >= 4 is 41.0 Å². The molecule has 1 fully saturated rings. The van der Waals surface area contributed by atoms with E-state index in [2.05, 4.69) is 5.32 Å². The number of hydrogen-bond acceptors (Lipinski definition) is 6. The van der Waals surface area contributed by atoms with Gasteiger partial charge in [0.25, 0.3) is 5.91 Å². The number of amides is 3. The molecule has 1 aromatic carbocycles. The van der Waals surface area contributed by atoms with Gasteiger partial charge in [-0.25, -0.2) is 4.79 Å². The van der Waals surface area contributed by atoms with Crippen LogP contribution in [0.4, 0.5) is 5.69 Å². The van der Waals surface area contributed by atoms with Crippen LogP contribution < -0.4 is 10.1 Å². The monoisotopic (exact) mass is 462 g/mol. The lowest BCUT2D eigenvalue weighted by Gasteiger charge is -2.26. The van der Waals surface area contributed by atoms with Crippen molar-refractivity contribution in [2.45, 2.75) is 39.2 Å². The number of carbonyl (C=O) groups excluding carboxylic acids is 4. The van der Waals surface area contributed by atoms with Crippen molar-refractivity contribution in [2.75, 3.05) is 19.0 Å². The van der Waals surface area contributed by atoms with Gasteiger partial charge in [0.05, 0.1) is 24.6 Å². The van der Waals surface area contributed by atoms with E-state index in [1.54, 1.807) is 12.1 Å². The summed E-state index contributed by atoms with van der Waals surface area (Å²) in [5.74, 6) is -2.52. The highest BCUT2D eigenvalue weighted by molar-refractivity contribution is 6.31. The van der Waals surface area contributed by atoms with Crippen molar-refractivity contribution in [1.29, 1.82) is 0 Å². The average molecular weight is 463 g/mol. The number of carbonyl (C=O) groups is 4. The van der Waals surface area contributed by atoms with Crippen molar-refractivity contribution < 1.29 is 28.7 Å². The summed E-state index contributed by atoms with van der Waals surface area (Å²) in [4.78, 5) is 52.1. The molecular weight excluding hydrogens is 436 g/mol. The quantitative estimate of drug-likeness (QED) is 0.361. The van der Waals surface area contributed by atoms with Crippen LogP contribution in [0.5, 0.6) is 5.75 Å². The predicted molar refractivity (Wildman–Crippen MR) is 118 cm³/mol. The molecule has 0 spiro atoms. The molecule has 3 atom stereocenters. The number of nitrogens with one attached hydrogen (secondary N) is 1. The molecule has 2 aliphatic rings. The molecule has 3 amide bonds. The first kappa shape index (κ1) is 23.8. The molecule has 9 heteroatoms. The van der Waals surface area contributed by atoms with Crippen LogP contribution in [0, 0.1) is 17.8 Å². The third kappa shape index (κ3) is 5.12. The minimum absolute atomic E-state index is 0.0263. The maximum atomic E-state index is 12.9. The molecule has 0 unspecified atom stereocenters. The lowest BCUT2D eigenvalue weighted by molar-refractivity contribution is -0.160. The summed E-state index contributed by atoms with van der Waals surface area (Å²) < 4.78 is 10.4. The Kier molecular flexibility index (Phi) is 7.56. The van der Waals surface area contributed by atoms with Gasteiger partial charge < -0.3 is 14.8 Å². The Morgan fingerprint density at radius 1 is 1.16 bits per heavy atom. The van der Waals surface area contributed by atoms with Gasteiger partial charge >= 0.3 is 5.97 Å². The topological polar surface area (TPSA) is 102 Å². The van der Waals surface area contributed by atoms with Gasteiger partial charge in [-0.2, -0.15) is 0 Å². The number of fused-ring (bicyclic) bond motifs is 1. The number of benzene rings is 1. The molecule has 0 bridgehead atoms. The molecule has 1 aliphatic heterocycles. The Bertz CT molecular complexity index is 918. The zero-order valence-corrected chi connectivity index (χ0v) is 19.1. The van der Waals surface area contributed by atoms with E-state index in [4.69, 9.17) is 21.1 Å². The van der Waals surface area contributed by atoms with Gasteiger partial charge in [0, 0.05) is 5.02 Å². The highest BCUT2D eigenvalue weighted by Crippen LogP contribution is 2.37. The summed E-state index contributed by atoms with van der Waals surface area (Å²) in [7, 11) is 1.45. The first-order valence-corrected chi connectivity index (χ1v) is 10.9. The minimum Gasteiger partial charge on any atom is -0.495 e. The number of anilines is 1. The van der Waals surface area contributed by atoms with E-state index in [0.29, 0.717) is 29.3 Å². The number of methoxy groups -OCH3 is 1. The third-order valence-electron chi connectivity index (χ3n) is 5.60. The molecule has 1 saturated heterocycles. The normalized spacial score (nSPS) is 20.8. The predicted octanol–water partition coefficient (Wildman–Crippen LogP) is 3.20. The lowest BCUT2D eigenvalue weighted by atomic mass is 9.85. The molecule has 1 heterocycles. The van der Waals surface area contributed by atoms with E-state index in [1.165, 1.54) is 13.2 Å². The average Bonchev–Trinajstić information content (AvgIpc) is 3.01. The Hall–Kier alpha value is -2.87. The molecule has 3 rings (SSSR count). The molecular formula is C23H27ClN2O6. The Morgan fingerprint density at radius 2 is 1.78 bits per heavy atom. The summed E-state index contributed by atoms with van der Waals surface area (Å²) in [5.41, 5.74) is 0.334. The lowest BCUT2D eigenvalue weighted by Crippen LogP contribution is -2.47. The smallest absolute Gasteiger partial charge is 0.329 e. The Balaban J connectivity index is 1.68. The number of ether oxygens (including phenoxy) is 2. The van der Waals surface area contributed by atoms with Crippen molar-refractivity contribution in [3.8, 4) is 5.75 Å². The molecule has 0 radical (unpaired) electrons. The number of nitrogens with zero attached hydrogens (tertiary/aromatic N) is 1. The van der Waals surface area contributed by atoms with E-state index in [1.807, 2.05) is 26.0 Å². The minimum atomic E-state index is -1.06. The maximum absolute atomic E-state index is 12.9. The summed E-state index contributed by atoms with van der Waals surface area (Å²) in [6.45, 7) is 3.20. The number of halogens is 1. The van der Waals surface area contributed by atoms with Gasteiger partial charge in [-0.1, -0.05) is 37.6 Å². The van der Waals surface area contributed by atoms with Gasteiger partial charge in [-0.15, -0.1) is 0 Å². The first-order valence-electron chi connectivity index (χ1n) is 10.5. The summed E-state index contributed by atoms with van der Waals surface area (Å²) in [6.07, 6.45) is 5.01. The van der Waals surface area contributed by atoms with Gasteiger partial charge in [-0.05, 0) is 43.4 Å². The van der Waals surface area contributed by atoms with Crippen LogP contribution in [-0.2, 0) is 23.9 Å². The number of hydrogen-bond donors (Lipinski definition) is 1. The van der Waals surface area contributed by atoms with Gasteiger partial charge in [-0.3, -0.25) is 19.3 Å². The zero-order valence-electron chi connectivity index (χ0n) is 18.3. The van der Waals surface area contributed by atoms with Gasteiger partial charge in [0.15, 0.2) is 6.61 Å². The first-order chi connectivity index (χ1) is 15.2. The van der Waals surface area contributed by atoms with Crippen LogP contribution in [0.1, 0.15) is 33.1 Å². The van der Waals surface area contributed by atoms with Crippen LogP contribution in [-0.4, -0.2) is 48.3 Å². The van der Waals surface area contributed by atoms with Crippen LogP contribution in [0.2, 0.25) is 5.02 Å². The van der Waals surface area contributed by atoms with Crippen molar-refractivity contribution in [2.24, 2.45) is 17.8 Å². The van der Waals surface area contributed by atoms with E-state index < -0.39 is 36.4 Å². The molecule has 0 saturated carbocycles. The number of rotatable bonds is 8. The van der Waals surface area contributed by atoms with Crippen LogP contribution in [0.25, 0.3) is 0 Å². The van der Waals surface area contributed by atoms with Crippen molar-refractivity contribution in [1.82, 2.24) is 4.90 Å². The number of esters is 1. The van der Waals surface area contributed by atoms with Crippen molar-refractivity contribution in [3.63, 3.8) is 0 Å². The summed E-state index contributed by atoms with van der Waals surface area (Å²) >= 11 is 5.96. The third-order valence-corrected chi connectivity index (χ3v) is 5.84. The second-order valence-electron chi connectivity index (χ2n) is 8.35. The molecule has 32 heavy (non-hydrogen) atoms. The number of likely N-dealkylation sites (tertiary alicyclic amines) is 1. The second kappa shape index (κ2) is 10.2. The fourth-order valence-electron chi connectivity index (χ4n) is 4.08. The molecule has 1 aromatic rings. The maximum Gasteiger partial charge on any atom is 0.329 e. The van der Waals surface area contributed by atoms with E-state index in [-0.39, 0.29) is 24.2 Å². The van der Waals surface area contributed by atoms with E-state index >= 15 is 0 Å². The fraction of sp³-hybridized carbons (Fsp3) is 0.478. The van der Waals surface area contributed by atoms with Gasteiger partial charge in [0.2, 0.25) is 11.8 Å². The number of allylic oxidation sites excluding steroid dienone is 2. The van der Waals surface area contributed by atoms with E-state index in [9.17, 15) is 19.2 Å². The van der Waals surface area contributed by atoms with Crippen LogP contribution in [0.3, 0.4) is 0 Å². The molecule has 1 N–H and O–H groups in total. The SMILES string of the molecule is COc1ccc(Cl)cc1NC(=O)COC(=O)[C@H](CC(C)C)N1C(=O)[C@H]2CC=CC[C@H]2C1=O. The Labute approximate surface area is 191 Å². The molecule has 1 aliphatic carbocycles. The van der Waals surface area contributed by atoms with E-state index in [0.717, 1.165) is 4.90 Å². The molecule has 8 nitrogen and oxygen atoms in total. The summed E-state index contributed by atoms with van der Waals surface area (Å²) in [6, 6.07) is 3.67. The fourth-order valence-corrected chi connectivity index (χ4v) is 4.26.